The van der Waals surface area contributed by atoms with E-state index in [0.717, 1.165) is 18.4 Å². The number of hydrogen-bond donors (Lipinski definition) is 1. The van der Waals surface area contributed by atoms with Crippen LogP contribution in [0, 0.1) is 5.92 Å². The molecule has 3 rings (SSSR count). The maximum absolute atomic E-state index is 13.2. The molecule has 1 atom stereocenters. The van der Waals surface area contributed by atoms with E-state index in [1.807, 2.05) is 19.1 Å². The van der Waals surface area contributed by atoms with E-state index in [1.54, 1.807) is 30.2 Å². The smallest absolute Gasteiger partial charge is 0.257 e. The number of likely N-dealkylation sites (tertiary alicyclic amines) is 1. The van der Waals surface area contributed by atoms with Gasteiger partial charge in [-0.25, -0.2) is 13.1 Å². The molecule has 1 fully saturated rings. The van der Waals surface area contributed by atoms with Crippen molar-refractivity contribution in [2.45, 2.75) is 44.0 Å². The lowest BCUT2D eigenvalue weighted by Gasteiger charge is -2.30. The highest BCUT2D eigenvalue weighted by Crippen LogP contribution is 2.28. The minimum Gasteiger partial charge on any atom is -0.497 e. The van der Waals surface area contributed by atoms with Crippen LogP contribution in [-0.2, 0) is 10.0 Å². The molecule has 32 heavy (non-hydrogen) atoms. The van der Waals surface area contributed by atoms with Crippen LogP contribution in [0.15, 0.2) is 47.4 Å². The molecule has 7 nitrogen and oxygen atoms in total. The molecule has 1 saturated heterocycles. The zero-order valence-electron chi connectivity index (χ0n) is 19.1. The number of rotatable bonds is 8. The zero-order valence-corrected chi connectivity index (χ0v) is 19.9. The van der Waals surface area contributed by atoms with Crippen LogP contribution in [0.2, 0.25) is 0 Å². The van der Waals surface area contributed by atoms with Crippen LogP contribution in [0.25, 0.3) is 0 Å². The van der Waals surface area contributed by atoms with Gasteiger partial charge in [-0.05, 0) is 61.1 Å². The van der Waals surface area contributed by atoms with Crippen molar-refractivity contribution in [2.24, 2.45) is 5.92 Å². The van der Waals surface area contributed by atoms with Gasteiger partial charge in [0.25, 0.3) is 5.91 Å². The van der Waals surface area contributed by atoms with E-state index < -0.39 is 16.1 Å². The van der Waals surface area contributed by atoms with Crippen LogP contribution in [0.5, 0.6) is 11.5 Å². The van der Waals surface area contributed by atoms with E-state index in [0.29, 0.717) is 36.9 Å². The molecule has 8 heteroatoms. The molecule has 174 valence electrons. The van der Waals surface area contributed by atoms with Gasteiger partial charge in [0, 0.05) is 19.1 Å². The second-order valence-corrected chi connectivity index (χ2v) is 9.91. The average molecular weight is 461 g/mol. The van der Waals surface area contributed by atoms with Gasteiger partial charge < -0.3 is 14.4 Å². The summed E-state index contributed by atoms with van der Waals surface area (Å²) in [6.07, 6.45) is 2.45. The summed E-state index contributed by atoms with van der Waals surface area (Å²) in [5.74, 6) is 1.46. The zero-order chi connectivity index (χ0) is 23.3. The summed E-state index contributed by atoms with van der Waals surface area (Å²) in [5, 5.41) is 0. The molecule has 0 unspecified atom stereocenters. The fraction of sp³-hybridized carbons (Fsp3) is 0.458. The molecule has 0 aromatic heterocycles. The largest absolute Gasteiger partial charge is 0.497 e. The number of methoxy groups -OCH3 is 2. The normalized spacial score (nSPS) is 15.9. The van der Waals surface area contributed by atoms with Crippen molar-refractivity contribution in [2.75, 3.05) is 27.3 Å². The van der Waals surface area contributed by atoms with Gasteiger partial charge in [-0.1, -0.05) is 26.0 Å². The van der Waals surface area contributed by atoms with E-state index in [2.05, 4.69) is 11.6 Å². The van der Waals surface area contributed by atoms with Crippen molar-refractivity contribution < 1.29 is 22.7 Å². The minimum absolute atomic E-state index is 0.0407. The highest BCUT2D eigenvalue weighted by atomic mass is 32.2. The third-order valence-corrected chi connectivity index (χ3v) is 7.48. The molecule has 1 N–H and O–H groups in total. The molecule has 0 spiro atoms. The number of ether oxygens (including phenoxy) is 2. The quantitative estimate of drug-likeness (QED) is 0.644. The number of nitrogens with one attached hydrogen (secondary N) is 1. The Balaban J connectivity index is 1.86. The van der Waals surface area contributed by atoms with Crippen LogP contribution in [0.3, 0.4) is 0 Å². The standard InChI is InChI=1S/C24H32N2O5S/c1-5-22(18-6-8-19(30-3)9-7-18)25-32(28,29)20-10-11-23(31-4)21(16-20)24(27)26-14-12-17(2)13-15-26/h6-11,16-17,22,25H,5,12-15H2,1-4H3/t22-/m1/s1. The van der Waals surface area contributed by atoms with Crippen molar-refractivity contribution in [3.63, 3.8) is 0 Å². The lowest BCUT2D eigenvalue weighted by Crippen LogP contribution is -2.38. The Morgan fingerprint density at radius 2 is 1.75 bits per heavy atom. The number of piperidine rings is 1. The van der Waals surface area contributed by atoms with Crippen molar-refractivity contribution in [1.29, 1.82) is 0 Å². The van der Waals surface area contributed by atoms with Gasteiger partial charge in [-0.2, -0.15) is 0 Å². The first-order valence-corrected chi connectivity index (χ1v) is 12.4. The van der Waals surface area contributed by atoms with Crippen molar-refractivity contribution >= 4 is 15.9 Å². The van der Waals surface area contributed by atoms with E-state index >= 15 is 0 Å². The summed E-state index contributed by atoms with van der Waals surface area (Å²) in [6, 6.07) is 11.3. The number of nitrogens with zero attached hydrogens (tertiary/aromatic N) is 1. The fourth-order valence-electron chi connectivity index (χ4n) is 3.88. The summed E-state index contributed by atoms with van der Waals surface area (Å²) in [4.78, 5) is 15.0. The first-order chi connectivity index (χ1) is 15.3. The van der Waals surface area contributed by atoms with Gasteiger partial charge in [0.05, 0.1) is 24.7 Å². The van der Waals surface area contributed by atoms with Crippen LogP contribution < -0.4 is 14.2 Å². The number of hydrogen-bond acceptors (Lipinski definition) is 5. The molecule has 1 aliphatic heterocycles. The maximum atomic E-state index is 13.2. The van der Waals surface area contributed by atoms with Gasteiger partial charge in [-0.15, -0.1) is 0 Å². The third-order valence-electron chi connectivity index (χ3n) is 6.01. The van der Waals surface area contributed by atoms with Gasteiger partial charge in [-0.3, -0.25) is 4.79 Å². The van der Waals surface area contributed by atoms with Gasteiger partial charge in [0.2, 0.25) is 10.0 Å². The number of carbonyl (C=O) groups is 1. The Morgan fingerprint density at radius 3 is 2.31 bits per heavy atom. The van der Waals surface area contributed by atoms with Crippen LogP contribution >= 0.6 is 0 Å². The molecule has 1 amide bonds. The molecule has 2 aromatic carbocycles. The molecular formula is C24H32N2O5S. The summed E-state index contributed by atoms with van der Waals surface area (Å²) in [7, 11) is -0.798. The summed E-state index contributed by atoms with van der Waals surface area (Å²) in [6.45, 7) is 5.41. The second kappa shape index (κ2) is 10.4. The van der Waals surface area contributed by atoms with Crippen LogP contribution in [-0.4, -0.2) is 46.5 Å². The molecule has 0 aliphatic carbocycles. The molecule has 0 radical (unpaired) electrons. The third kappa shape index (κ3) is 5.42. The molecule has 1 heterocycles. The summed E-state index contributed by atoms with van der Waals surface area (Å²) < 4.78 is 39.7. The Labute approximate surface area is 190 Å². The Hall–Kier alpha value is -2.58. The first-order valence-electron chi connectivity index (χ1n) is 10.9. The van der Waals surface area contributed by atoms with Crippen LogP contribution in [0.1, 0.15) is 55.1 Å². The first kappa shape index (κ1) is 24.1. The van der Waals surface area contributed by atoms with Crippen molar-refractivity contribution in [3.8, 4) is 11.5 Å². The molecule has 0 bridgehead atoms. The molecular weight excluding hydrogens is 428 g/mol. The van der Waals surface area contributed by atoms with Crippen molar-refractivity contribution in [1.82, 2.24) is 9.62 Å². The fourth-order valence-corrected chi connectivity index (χ4v) is 5.22. The average Bonchev–Trinajstić information content (AvgIpc) is 2.82. The highest BCUT2D eigenvalue weighted by Gasteiger charge is 2.27. The van der Waals surface area contributed by atoms with E-state index in [1.165, 1.54) is 19.2 Å². The summed E-state index contributed by atoms with van der Waals surface area (Å²) >= 11 is 0. The number of amides is 1. The topological polar surface area (TPSA) is 84.9 Å². The monoisotopic (exact) mass is 460 g/mol. The highest BCUT2D eigenvalue weighted by molar-refractivity contribution is 7.89. The Bertz CT molecular complexity index is 1030. The van der Waals surface area contributed by atoms with Crippen molar-refractivity contribution in [3.05, 3.63) is 53.6 Å². The second-order valence-electron chi connectivity index (χ2n) is 8.19. The summed E-state index contributed by atoms with van der Waals surface area (Å²) in [5.41, 5.74) is 1.10. The minimum atomic E-state index is -3.86. The predicted octanol–water partition coefficient (Wildman–Crippen LogP) is 4.01. The lowest BCUT2D eigenvalue weighted by molar-refractivity contribution is 0.0693. The number of benzene rings is 2. The van der Waals surface area contributed by atoms with Gasteiger partial charge >= 0.3 is 0 Å². The van der Waals surface area contributed by atoms with E-state index in [-0.39, 0.29) is 16.4 Å². The lowest BCUT2D eigenvalue weighted by atomic mass is 9.98. The van der Waals surface area contributed by atoms with E-state index in [4.69, 9.17) is 9.47 Å². The maximum Gasteiger partial charge on any atom is 0.257 e. The number of carbonyl (C=O) groups excluding carboxylic acids is 1. The SMILES string of the molecule is CC[C@@H](NS(=O)(=O)c1ccc(OC)c(C(=O)N2CCC(C)CC2)c1)c1ccc(OC)cc1. The van der Waals surface area contributed by atoms with E-state index in [9.17, 15) is 13.2 Å². The number of sulfonamides is 1. The van der Waals surface area contributed by atoms with Gasteiger partial charge in [0.15, 0.2) is 0 Å². The van der Waals surface area contributed by atoms with Gasteiger partial charge in [0.1, 0.15) is 11.5 Å². The Morgan fingerprint density at radius 1 is 1.09 bits per heavy atom. The molecule has 2 aromatic rings. The van der Waals surface area contributed by atoms with Crippen LogP contribution in [0.4, 0.5) is 0 Å². The Kier molecular flexibility index (Phi) is 7.79. The molecule has 1 aliphatic rings. The predicted molar refractivity (Wildman–Crippen MR) is 124 cm³/mol. The molecule has 0 saturated carbocycles.